The lowest BCUT2D eigenvalue weighted by molar-refractivity contribution is -0.134. The Morgan fingerprint density at radius 2 is 2.11 bits per heavy atom. The van der Waals surface area contributed by atoms with Gasteiger partial charge in [-0.25, -0.2) is 4.79 Å². The fraction of sp³-hybridized carbons (Fsp3) is 0.333. The number of allylic oxidation sites excluding steroid dienone is 7. The van der Waals surface area contributed by atoms with E-state index in [0.717, 1.165) is 19.3 Å². The van der Waals surface area contributed by atoms with Crippen molar-refractivity contribution in [2.45, 2.75) is 19.3 Å². The highest BCUT2D eigenvalue weighted by Crippen LogP contribution is 2.46. The number of esters is 1. The number of ether oxygens (including phenoxy) is 1. The van der Waals surface area contributed by atoms with E-state index in [2.05, 4.69) is 4.74 Å². The van der Waals surface area contributed by atoms with Gasteiger partial charge in [-0.05, 0) is 31.4 Å². The average Bonchev–Trinajstić information content (AvgIpc) is 2.76. The normalized spacial score (nSPS) is 23.4. The van der Waals surface area contributed by atoms with E-state index in [1.165, 1.54) is 18.8 Å². The molecular formula is C15H16O3. The summed E-state index contributed by atoms with van der Waals surface area (Å²) in [5.41, 5.74) is 1.12. The molecule has 0 amide bonds. The third-order valence-electron chi connectivity index (χ3n) is 3.46. The summed E-state index contributed by atoms with van der Waals surface area (Å²) in [4.78, 5) is 22.2. The Balaban J connectivity index is 2.18. The fourth-order valence-electron chi connectivity index (χ4n) is 2.47. The van der Waals surface area contributed by atoms with Crippen LogP contribution in [0.3, 0.4) is 0 Å². The highest BCUT2D eigenvalue weighted by molar-refractivity contribution is 6.00. The van der Waals surface area contributed by atoms with E-state index in [-0.39, 0.29) is 17.2 Å². The molecular weight excluding hydrogens is 228 g/mol. The molecule has 0 heterocycles. The van der Waals surface area contributed by atoms with Gasteiger partial charge in [0, 0.05) is 11.5 Å². The minimum absolute atomic E-state index is 0.0389. The van der Waals surface area contributed by atoms with Crippen LogP contribution in [0, 0.1) is 5.41 Å². The monoisotopic (exact) mass is 244 g/mol. The zero-order valence-corrected chi connectivity index (χ0v) is 10.4. The summed E-state index contributed by atoms with van der Waals surface area (Å²) in [6.45, 7) is 0. The molecule has 2 aliphatic carbocycles. The van der Waals surface area contributed by atoms with Crippen molar-refractivity contribution in [3.05, 3.63) is 48.1 Å². The van der Waals surface area contributed by atoms with Gasteiger partial charge in [-0.2, -0.15) is 0 Å². The summed E-state index contributed by atoms with van der Waals surface area (Å²) in [6.07, 6.45) is 15.4. The minimum atomic E-state index is -0.358. The Kier molecular flexibility index (Phi) is 3.60. The first-order chi connectivity index (χ1) is 8.66. The van der Waals surface area contributed by atoms with Crippen LogP contribution in [0.25, 0.3) is 0 Å². The molecule has 2 aliphatic rings. The van der Waals surface area contributed by atoms with Crippen molar-refractivity contribution in [1.82, 2.24) is 0 Å². The molecule has 94 valence electrons. The molecule has 0 bridgehead atoms. The molecule has 0 radical (unpaired) electrons. The van der Waals surface area contributed by atoms with Crippen LogP contribution in [0.4, 0.5) is 0 Å². The maximum Gasteiger partial charge on any atom is 0.330 e. The van der Waals surface area contributed by atoms with Crippen LogP contribution >= 0.6 is 0 Å². The first-order valence-corrected chi connectivity index (χ1v) is 6.04. The van der Waals surface area contributed by atoms with E-state index in [1.807, 2.05) is 18.2 Å². The predicted octanol–water partition coefficient (Wildman–Crippen LogP) is 2.51. The van der Waals surface area contributed by atoms with E-state index in [4.69, 9.17) is 0 Å². The van der Waals surface area contributed by atoms with Crippen LogP contribution in [0.15, 0.2) is 48.1 Å². The Hall–Kier alpha value is -1.90. The Bertz CT molecular complexity index is 462. The highest BCUT2D eigenvalue weighted by Gasteiger charge is 2.34. The van der Waals surface area contributed by atoms with Gasteiger partial charge in [-0.1, -0.05) is 29.9 Å². The fourth-order valence-corrected chi connectivity index (χ4v) is 2.47. The lowest BCUT2D eigenvalue weighted by Gasteiger charge is -2.25. The smallest absolute Gasteiger partial charge is 0.330 e. The molecule has 0 atom stereocenters. The first-order valence-electron chi connectivity index (χ1n) is 6.04. The lowest BCUT2D eigenvalue weighted by atomic mass is 9.79. The molecule has 1 spiro atoms. The SMILES string of the molecule is COC(=O)/C=C/C=C1\CCCC12C=CC(=O)C=C2. The summed E-state index contributed by atoms with van der Waals surface area (Å²) in [7, 11) is 1.36. The van der Waals surface area contributed by atoms with Crippen molar-refractivity contribution in [2.75, 3.05) is 7.11 Å². The molecule has 1 saturated carbocycles. The number of carbonyl (C=O) groups excluding carboxylic acids is 2. The number of hydrogen-bond donors (Lipinski definition) is 0. The molecule has 0 N–H and O–H groups in total. The van der Waals surface area contributed by atoms with Crippen molar-refractivity contribution in [2.24, 2.45) is 5.41 Å². The summed E-state index contributed by atoms with van der Waals surface area (Å²) < 4.78 is 4.54. The second-order valence-corrected chi connectivity index (χ2v) is 4.54. The van der Waals surface area contributed by atoms with E-state index in [9.17, 15) is 9.59 Å². The summed E-state index contributed by atoms with van der Waals surface area (Å²) >= 11 is 0. The van der Waals surface area contributed by atoms with Gasteiger partial charge in [0.05, 0.1) is 7.11 Å². The Morgan fingerprint density at radius 3 is 2.78 bits per heavy atom. The number of methoxy groups -OCH3 is 1. The molecule has 18 heavy (non-hydrogen) atoms. The van der Waals surface area contributed by atoms with Crippen molar-refractivity contribution >= 4 is 11.8 Å². The zero-order chi connectivity index (χ0) is 13.0. The minimum Gasteiger partial charge on any atom is -0.466 e. The quantitative estimate of drug-likeness (QED) is 0.553. The molecule has 3 nitrogen and oxygen atoms in total. The van der Waals surface area contributed by atoms with Crippen LogP contribution in [0.1, 0.15) is 19.3 Å². The number of ketones is 1. The number of carbonyl (C=O) groups is 2. The molecule has 0 aromatic heterocycles. The van der Waals surface area contributed by atoms with Crippen LogP contribution in [0.2, 0.25) is 0 Å². The van der Waals surface area contributed by atoms with Gasteiger partial charge in [0.25, 0.3) is 0 Å². The van der Waals surface area contributed by atoms with Crippen molar-refractivity contribution in [3.63, 3.8) is 0 Å². The van der Waals surface area contributed by atoms with Crippen LogP contribution in [-0.4, -0.2) is 18.9 Å². The van der Waals surface area contributed by atoms with E-state index in [1.54, 1.807) is 18.2 Å². The van der Waals surface area contributed by atoms with E-state index < -0.39 is 0 Å². The molecule has 3 heteroatoms. The summed E-state index contributed by atoms with van der Waals surface area (Å²) in [5, 5.41) is 0. The third kappa shape index (κ3) is 2.50. The van der Waals surface area contributed by atoms with Gasteiger partial charge in [0.2, 0.25) is 0 Å². The Labute approximate surface area is 107 Å². The molecule has 1 fully saturated rings. The molecule has 0 aromatic carbocycles. The number of hydrogen-bond acceptors (Lipinski definition) is 3. The van der Waals surface area contributed by atoms with Gasteiger partial charge in [0.15, 0.2) is 5.78 Å². The van der Waals surface area contributed by atoms with E-state index in [0.29, 0.717) is 0 Å². The topological polar surface area (TPSA) is 43.4 Å². The third-order valence-corrected chi connectivity index (χ3v) is 3.46. The van der Waals surface area contributed by atoms with Crippen molar-refractivity contribution in [3.8, 4) is 0 Å². The second-order valence-electron chi connectivity index (χ2n) is 4.54. The van der Waals surface area contributed by atoms with Gasteiger partial charge < -0.3 is 4.74 Å². The van der Waals surface area contributed by atoms with Gasteiger partial charge >= 0.3 is 5.97 Å². The van der Waals surface area contributed by atoms with Gasteiger partial charge in [-0.3, -0.25) is 4.79 Å². The van der Waals surface area contributed by atoms with Crippen LogP contribution in [-0.2, 0) is 14.3 Å². The standard InChI is InChI=1S/C15H16O3/c1-18-14(17)6-2-4-12-5-3-9-15(12)10-7-13(16)8-11-15/h2,4,6-8,10-11H,3,5,9H2,1H3/b6-2+,12-4+. The van der Waals surface area contributed by atoms with E-state index >= 15 is 0 Å². The number of rotatable bonds is 2. The average molecular weight is 244 g/mol. The molecule has 0 unspecified atom stereocenters. The van der Waals surface area contributed by atoms with Gasteiger partial charge in [0.1, 0.15) is 0 Å². The second kappa shape index (κ2) is 5.17. The maximum absolute atomic E-state index is 11.2. The summed E-state index contributed by atoms with van der Waals surface area (Å²) in [6, 6.07) is 0. The largest absolute Gasteiger partial charge is 0.466 e. The van der Waals surface area contributed by atoms with Crippen molar-refractivity contribution < 1.29 is 14.3 Å². The first kappa shape index (κ1) is 12.6. The molecule has 2 rings (SSSR count). The predicted molar refractivity (Wildman–Crippen MR) is 68.8 cm³/mol. The van der Waals surface area contributed by atoms with Gasteiger partial charge in [-0.15, -0.1) is 0 Å². The van der Waals surface area contributed by atoms with Crippen LogP contribution in [0.5, 0.6) is 0 Å². The summed E-state index contributed by atoms with van der Waals surface area (Å²) in [5.74, 6) is -0.319. The zero-order valence-electron chi connectivity index (χ0n) is 10.4. The lowest BCUT2D eigenvalue weighted by Crippen LogP contribution is -2.16. The van der Waals surface area contributed by atoms with Crippen LogP contribution < -0.4 is 0 Å². The molecule has 0 aromatic rings. The van der Waals surface area contributed by atoms with Crippen molar-refractivity contribution in [1.29, 1.82) is 0 Å². The highest BCUT2D eigenvalue weighted by atomic mass is 16.5. The Morgan fingerprint density at radius 1 is 1.39 bits per heavy atom. The molecule has 0 aliphatic heterocycles. The maximum atomic E-state index is 11.2. The molecule has 0 saturated heterocycles.